The Bertz CT molecular complexity index is 445. The summed E-state index contributed by atoms with van der Waals surface area (Å²) >= 11 is 1.18. The normalized spacial score (nSPS) is 10.5. The largest absolute Gasteiger partial charge is 0.312 e. The Hall–Kier alpha value is -1.03. The lowest BCUT2D eigenvalue weighted by Gasteiger charge is -1.89. The van der Waals surface area contributed by atoms with Gasteiger partial charge in [-0.25, -0.2) is 0 Å². The zero-order valence-electron chi connectivity index (χ0n) is 5.63. The van der Waals surface area contributed by atoms with Gasteiger partial charge in [-0.1, -0.05) is 22.9 Å². The van der Waals surface area contributed by atoms with Crippen LogP contribution < -0.4 is 10.3 Å². The summed E-state index contributed by atoms with van der Waals surface area (Å²) in [5.74, 6) is 0. The van der Waals surface area contributed by atoms with Crippen molar-refractivity contribution in [2.75, 3.05) is 0 Å². The molecule has 11 heavy (non-hydrogen) atoms. The minimum absolute atomic E-state index is 0.0365. The predicted molar refractivity (Wildman–Crippen MR) is 47.8 cm³/mol. The highest BCUT2D eigenvalue weighted by molar-refractivity contribution is 7.16. The number of fused-ring (bicyclic) bond motifs is 1. The number of H-pyrrole nitrogens is 1. The molecule has 0 spiro atoms. The number of aromatic amines is 1. The fraction of sp³-hybridized carbons (Fsp3) is 0. The van der Waals surface area contributed by atoms with Crippen molar-refractivity contribution >= 4 is 34.9 Å². The molecule has 4 heteroatoms. The van der Waals surface area contributed by atoms with Crippen molar-refractivity contribution in [3.8, 4) is 0 Å². The molecule has 0 amide bonds. The third-order valence-electron chi connectivity index (χ3n) is 1.45. The maximum Gasteiger partial charge on any atom is 0.305 e. The lowest BCUT2D eigenvalue weighted by atomic mass is 9.97. The van der Waals surface area contributed by atoms with Crippen LogP contribution in [-0.2, 0) is 0 Å². The van der Waals surface area contributed by atoms with Gasteiger partial charge < -0.3 is 4.98 Å². The molecule has 0 atom stereocenters. The zero-order valence-corrected chi connectivity index (χ0v) is 6.44. The summed E-state index contributed by atoms with van der Waals surface area (Å²) in [7, 11) is 5.52. The molecule has 0 unspecified atom stereocenters. The molecule has 0 bridgehead atoms. The third-order valence-corrected chi connectivity index (χ3v) is 2.29. The van der Waals surface area contributed by atoms with Gasteiger partial charge in [-0.2, -0.15) is 0 Å². The fourth-order valence-electron chi connectivity index (χ4n) is 0.962. The van der Waals surface area contributed by atoms with Crippen LogP contribution >= 0.6 is 11.3 Å². The van der Waals surface area contributed by atoms with Crippen LogP contribution in [0.2, 0.25) is 0 Å². The maximum atomic E-state index is 10.8. The van der Waals surface area contributed by atoms with Gasteiger partial charge >= 0.3 is 4.87 Å². The van der Waals surface area contributed by atoms with Gasteiger partial charge in [0.1, 0.15) is 7.85 Å². The number of thiazole rings is 1. The molecule has 52 valence electrons. The van der Waals surface area contributed by atoms with Gasteiger partial charge in [0.2, 0.25) is 0 Å². The highest BCUT2D eigenvalue weighted by Gasteiger charge is 1.96. The molecule has 0 saturated heterocycles. The first-order chi connectivity index (χ1) is 5.25. The Balaban J connectivity index is 2.92. The van der Waals surface area contributed by atoms with E-state index in [-0.39, 0.29) is 4.87 Å². The standard InChI is InChI=1S/C7H4BNOS/c8-4-1-2-5-6(3-4)11-7(10)9-5/h1-3H,(H,9,10). The van der Waals surface area contributed by atoms with E-state index >= 15 is 0 Å². The summed E-state index contributed by atoms with van der Waals surface area (Å²) < 4.78 is 0.912. The van der Waals surface area contributed by atoms with Crippen molar-refractivity contribution in [3.63, 3.8) is 0 Å². The first-order valence-corrected chi connectivity index (χ1v) is 3.96. The SMILES string of the molecule is [B]c1ccc2[nH]c(=O)sc2c1. The van der Waals surface area contributed by atoms with E-state index in [1.54, 1.807) is 12.1 Å². The highest BCUT2D eigenvalue weighted by atomic mass is 32.1. The number of hydrogen-bond donors (Lipinski definition) is 1. The summed E-state index contributed by atoms with van der Waals surface area (Å²) in [5.41, 5.74) is 1.54. The smallest absolute Gasteiger partial charge is 0.305 e. The highest BCUT2D eigenvalue weighted by Crippen LogP contribution is 2.10. The Morgan fingerprint density at radius 3 is 3.09 bits per heavy atom. The molecule has 2 aromatic rings. The van der Waals surface area contributed by atoms with E-state index in [0.29, 0.717) is 5.46 Å². The lowest BCUT2D eigenvalue weighted by molar-refractivity contribution is 1.41. The molecule has 1 aromatic heterocycles. The second kappa shape index (κ2) is 2.24. The Labute approximate surface area is 68.3 Å². The Morgan fingerprint density at radius 2 is 2.27 bits per heavy atom. The van der Waals surface area contributed by atoms with Crippen LogP contribution in [0, 0.1) is 0 Å². The first-order valence-electron chi connectivity index (χ1n) is 3.14. The lowest BCUT2D eigenvalue weighted by Crippen LogP contribution is -1.98. The zero-order chi connectivity index (χ0) is 7.84. The average molecular weight is 161 g/mol. The van der Waals surface area contributed by atoms with Crippen LogP contribution in [0.3, 0.4) is 0 Å². The van der Waals surface area contributed by atoms with Crippen molar-refractivity contribution in [1.29, 1.82) is 0 Å². The van der Waals surface area contributed by atoms with Crippen molar-refractivity contribution in [2.24, 2.45) is 0 Å². The van der Waals surface area contributed by atoms with Crippen LogP contribution in [0.5, 0.6) is 0 Å². The van der Waals surface area contributed by atoms with Crippen molar-refractivity contribution in [3.05, 3.63) is 27.9 Å². The molecule has 0 aliphatic carbocycles. The van der Waals surface area contributed by atoms with E-state index in [2.05, 4.69) is 4.98 Å². The minimum Gasteiger partial charge on any atom is -0.312 e. The molecule has 1 heterocycles. The van der Waals surface area contributed by atoms with Gasteiger partial charge in [-0.05, 0) is 12.1 Å². The Morgan fingerprint density at radius 1 is 1.45 bits per heavy atom. The average Bonchev–Trinajstić information content (AvgIpc) is 2.27. The van der Waals surface area contributed by atoms with E-state index in [1.165, 1.54) is 11.3 Å². The molecular weight excluding hydrogens is 157 g/mol. The second-order valence-corrected chi connectivity index (χ2v) is 3.28. The molecule has 1 aromatic carbocycles. The molecule has 2 radical (unpaired) electrons. The molecule has 0 aliphatic rings. The van der Waals surface area contributed by atoms with Gasteiger partial charge in [0, 0.05) is 0 Å². The summed E-state index contributed by atoms with van der Waals surface area (Å²) in [4.78, 5) is 13.5. The van der Waals surface area contributed by atoms with Gasteiger partial charge in [0.05, 0.1) is 10.2 Å². The molecule has 0 fully saturated rings. The molecular formula is C7H4BNOS. The molecule has 2 rings (SSSR count). The van der Waals surface area contributed by atoms with Crippen molar-refractivity contribution < 1.29 is 0 Å². The quantitative estimate of drug-likeness (QED) is 0.556. The third kappa shape index (κ3) is 1.09. The van der Waals surface area contributed by atoms with Crippen LogP contribution in [0.1, 0.15) is 0 Å². The summed E-state index contributed by atoms with van der Waals surface area (Å²) in [6.07, 6.45) is 0. The fourth-order valence-corrected chi connectivity index (χ4v) is 1.75. The van der Waals surface area contributed by atoms with Crippen molar-refractivity contribution in [1.82, 2.24) is 4.98 Å². The van der Waals surface area contributed by atoms with E-state index < -0.39 is 0 Å². The van der Waals surface area contributed by atoms with Crippen LogP contribution in [-0.4, -0.2) is 12.8 Å². The van der Waals surface area contributed by atoms with Gasteiger partial charge in [0.25, 0.3) is 0 Å². The summed E-state index contributed by atoms with van der Waals surface area (Å²) in [6, 6.07) is 5.37. The van der Waals surface area contributed by atoms with Gasteiger partial charge in [-0.15, -0.1) is 0 Å². The van der Waals surface area contributed by atoms with E-state index in [9.17, 15) is 4.79 Å². The molecule has 0 saturated carbocycles. The number of aromatic nitrogens is 1. The summed E-state index contributed by atoms with van der Waals surface area (Å²) in [6.45, 7) is 0. The van der Waals surface area contributed by atoms with Gasteiger partial charge in [-0.3, -0.25) is 4.79 Å². The van der Waals surface area contributed by atoms with Crippen LogP contribution in [0.15, 0.2) is 23.0 Å². The second-order valence-electron chi connectivity index (χ2n) is 2.27. The van der Waals surface area contributed by atoms with Gasteiger partial charge in [0.15, 0.2) is 0 Å². The number of nitrogens with one attached hydrogen (secondary N) is 1. The van der Waals surface area contributed by atoms with Crippen LogP contribution in [0.25, 0.3) is 10.2 Å². The Kier molecular flexibility index (Phi) is 1.36. The van der Waals surface area contributed by atoms with Crippen molar-refractivity contribution in [2.45, 2.75) is 0 Å². The number of rotatable bonds is 0. The monoisotopic (exact) mass is 161 g/mol. The predicted octanol–water partition coefficient (Wildman–Crippen LogP) is 0.383. The summed E-state index contributed by atoms with van der Waals surface area (Å²) in [5, 5.41) is 0. The molecule has 2 nitrogen and oxygen atoms in total. The minimum atomic E-state index is -0.0365. The first kappa shape index (κ1) is 6.67. The van der Waals surface area contributed by atoms with Crippen LogP contribution in [0.4, 0.5) is 0 Å². The molecule has 0 aliphatic heterocycles. The molecule has 1 N–H and O–H groups in total. The van der Waals surface area contributed by atoms with E-state index in [1.807, 2.05) is 6.07 Å². The van der Waals surface area contributed by atoms with E-state index in [0.717, 1.165) is 10.2 Å². The topological polar surface area (TPSA) is 32.9 Å². The number of hydrogen-bond acceptors (Lipinski definition) is 2. The van der Waals surface area contributed by atoms with E-state index in [4.69, 9.17) is 7.85 Å². The number of benzene rings is 1. The maximum absolute atomic E-state index is 10.8.